The summed E-state index contributed by atoms with van der Waals surface area (Å²) >= 11 is 1.56. The van der Waals surface area contributed by atoms with Crippen LogP contribution in [0.1, 0.15) is 11.8 Å². The Morgan fingerprint density at radius 1 is 1.42 bits per heavy atom. The average molecular weight is 275 g/mol. The zero-order valence-corrected chi connectivity index (χ0v) is 11.2. The van der Waals surface area contributed by atoms with Gasteiger partial charge in [-0.3, -0.25) is 4.79 Å². The smallest absolute Gasteiger partial charge is 0.276 e. The minimum Gasteiger partial charge on any atom is -0.362 e. The van der Waals surface area contributed by atoms with Gasteiger partial charge < -0.3 is 9.88 Å². The molecule has 98 valence electrons. The molecular formula is C12H13N5OS. The summed E-state index contributed by atoms with van der Waals surface area (Å²) in [5.74, 6) is 0. The van der Waals surface area contributed by atoms with Gasteiger partial charge in [-0.2, -0.15) is 5.10 Å². The molecular weight excluding hydrogens is 262 g/mol. The number of nitrogens with zero attached hydrogens (tertiary/aromatic N) is 4. The van der Waals surface area contributed by atoms with Gasteiger partial charge in [0, 0.05) is 30.0 Å². The molecule has 19 heavy (non-hydrogen) atoms. The molecule has 0 radical (unpaired) electrons. The van der Waals surface area contributed by atoms with Gasteiger partial charge >= 0.3 is 0 Å². The van der Waals surface area contributed by atoms with Crippen LogP contribution in [-0.2, 0) is 6.54 Å². The first kappa shape index (κ1) is 11.9. The summed E-state index contributed by atoms with van der Waals surface area (Å²) in [6, 6.07) is 1.72. The molecule has 0 saturated carbocycles. The molecule has 0 saturated heterocycles. The van der Waals surface area contributed by atoms with E-state index in [1.807, 2.05) is 6.92 Å². The summed E-state index contributed by atoms with van der Waals surface area (Å²) < 4.78 is 3.25. The Labute approximate surface area is 113 Å². The minimum absolute atomic E-state index is 0.0431. The van der Waals surface area contributed by atoms with Gasteiger partial charge in [0.1, 0.15) is 5.52 Å². The van der Waals surface area contributed by atoms with Crippen molar-refractivity contribution < 1.29 is 0 Å². The topological polar surface area (TPSA) is 64.2 Å². The summed E-state index contributed by atoms with van der Waals surface area (Å²) in [6.45, 7) is 3.40. The highest BCUT2D eigenvalue weighted by Crippen LogP contribution is 2.18. The molecule has 7 heteroatoms. The molecule has 3 aromatic heterocycles. The predicted molar refractivity (Wildman–Crippen MR) is 74.8 cm³/mol. The van der Waals surface area contributed by atoms with Crippen molar-refractivity contribution in [3.8, 4) is 0 Å². The number of anilines is 1. The molecule has 0 amide bonds. The van der Waals surface area contributed by atoms with Crippen LogP contribution in [0, 0.1) is 0 Å². The lowest BCUT2D eigenvalue weighted by atomic mass is 10.4. The van der Waals surface area contributed by atoms with Crippen LogP contribution in [0.15, 0.2) is 35.6 Å². The molecule has 0 unspecified atom stereocenters. The second-order valence-corrected chi connectivity index (χ2v) is 5.17. The number of thiazole rings is 1. The Balaban J connectivity index is 1.91. The van der Waals surface area contributed by atoms with Gasteiger partial charge in [-0.25, -0.2) is 9.50 Å². The summed E-state index contributed by atoms with van der Waals surface area (Å²) in [5, 5.41) is 8.08. The maximum Gasteiger partial charge on any atom is 0.276 e. The molecule has 3 aromatic rings. The molecule has 0 aliphatic carbocycles. The number of hydrogen-bond acceptors (Lipinski definition) is 5. The van der Waals surface area contributed by atoms with E-state index in [4.69, 9.17) is 0 Å². The molecule has 0 spiro atoms. The maximum absolute atomic E-state index is 12.2. The quantitative estimate of drug-likeness (QED) is 0.782. The molecule has 0 aliphatic rings. The highest BCUT2D eigenvalue weighted by Gasteiger charge is 2.06. The molecule has 0 aliphatic heterocycles. The van der Waals surface area contributed by atoms with E-state index in [-0.39, 0.29) is 5.56 Å². The van der Waals surface area contributed by atoms with E-state index >= 15 is 0 Å². The summed E-state index contributed by atoms with van der Waals surface area (Å²) in [4.78, 5) is 17.5. The number of rotatable bonds is 4. The summed E-state index contributed by atoms with van der Waals surface area (Å²) in [6.07, 6.45) is 6.95. The SMILES string of the molecule is CCNc1ncc(Cn2ccn3nccc3c2=O)s1. The molecule has 3 rings (SSSR count). The Hall–Kier alpha value is -2.15. The average Bonchev–Trinajstić information content (AvgIpc) is 3.03. The number of nitrogens with one attached hydrogen (secondary N) is 1. The largest absolute Gasteiger partial charge is 0.362 e. The molecule has 0 atom stereocenters. The molecule has 1 N–H and O–H groups in total. The monoisotopic (exact) mass is 275 g/mol. The third kappa shape index (κ3) is 2.24. The fourth-order valence-corrected chi connectivity index (χ4v) is 2.75. The van der Waals surface area contributed by atoms with Gasteiger partial charge in [0.25, 0.3) is 5.56 Å². The zero-order valence-electron chi connectivity index (χ0n) is 10.4. The first-order chi connectivity index (χ1) is 9.28. The summed E-state index contributed by atoms with van der Waals surface area (Å²) in [7, 11) is 0. The van der Waals surface area contributed by atoms with Crippen molar-refractivity contribution >= 4 is 22.0 Å². The van der Waals surface area contributed by atoms with Crippen molar-refractivity contribution in [2.45, 2.75) is 13.5 Å². The Morgan fingerprint density at radius 2 is 2.32 bits per heavy atom. The van der Waals surface area contributed by atoms with Gasteiger partial charge in [0.15, 0.2) is 5.13 Å². The lowest BCUT2D eigenvalue weighted by Crippen LogP contribution is -2.21. The van der Waals surface area contributed by atoms with Crippen molar-refractivity contribution in [1.82, 2.24) is 19.2 Å². The molecule has 0 bridgehead atoms. The van der Waals surface area contributed by atoms with Crippen LogP contribution >= 0.6 is 11.3 Å². The van der Waals surface area contributed by atoms with E-state index in [1.165, 1.54) is 0 Å². The Kier molecular flexibility index (Phi) is 3.04. The predicted octanol–water partition coefficient (Wildman–Crippen LogP) is 1.43. The van der Waals surface area contributed by atoms with Crippen LogP contribution in [-0.4, -0.2) is 25.7 Å². The molecule has 3 heterocycles. The molecule has 0 aromatic carbocycles. The lowest BCUT2D eigenvalue weighted by molar-refractivity contribution is 0.750. The Morgan fingerprint density at radius 3 is 3.16 bits per heavy atom. The van der Waals surface area contributed by atoms with Gasteiger partial charge in [0.05, 0.1) is 12.7 Å². The van der Waals surface area contributed by atoms with Crippen molar-refractivity contribution in [2.75, 3.05) is 11.9 Å². The second kappa shape index (κ2) is 4.85. The van der Waals surface area contributed by atoms with Gasteiger partial charge in [-0.1, -0.05) is 0 Å². The van der Waals surface area contributed by atoms with E-state index in [1.54, 1.807) is 51.3 Å². The fourth-order valence-electron chi connectivity index (χ4n) is 1.87. The zero-order chi connectivity index (χ0) is 13.2. The Bertz CT molecular complexity index is 757. The lowest BCUT2D eigenvalue weighted by Gasteiger charge is -2.03. The molecule has 6 nitrogen and oxygen atoms in total. The van der Waals surface area contributed by atoms with E-state index in [2.05, 4.69) is 15.4 Å². The third-order valence-corrected chi connectivity index (χ3v) is 3.69. The van der Waals surface area contributed by atoms with Crippen molar-refractivity contribution in [2.24, 2.45) is 0 Å². The standard InChI is InChI=1S/C12H13N5OS/c1-2-13-12-14-7-9(19-12)8-16-5-6-17-10(11(16)18)3-4-15-17/h3-7H,2,8H2,1H3,(H,13,14). The van der Waals surface area contributed by atoms with E-state index in [0.29, 0.717) is 12.1 Å². The van der Waals surface area contributed by atoms with Gasteiger partial charge in [-0.05, 0) is 13.0 Å². The minimum atomic E-state index is -0.0431. The van der Waals surface area contributed by atoms with Crippen LogP contribution in [0.25, 0.3) is 5.52 Å². The van der Waals surface area contributed by atoms with Crippen LogP contribution in [0.3, 0.4) is 0 Å². The van der Waals surface area contributed by atoms with Gasteiger partial charge in [-0.15, -0.1) is 11.3 Å². The fraction of sp³-hybridized carbons (Fsp3) is 0.250. The first-order valence-corrected chi connectivity index (χ1v) is 6.81. The first-order valence-electron chi connectivity index (χ1n) is 5.99. The maximum atomic E-state index is 12.2. The van der Waals surface area contributed by atoms with Crippen LogP contribution < -0.4 is 10.9 Å². The van der Waals surface area contributed by atoms with E-state index in [0.717, 1.165) is 16.6 Å². The third-order valence-electron chi connectivity index (χ3n) is 2.75. The van der Waals surface area contributed by atoms with Crippen LogP contribution in [0.4, 0.5) is 5.13 Å². The number of aromatic nitrogens is 4. The normalized spacial score (nSPS) is 11.0. The summed E-state index contributed by atoms with van der Waals surface area (Å²) in [5.41, 5.74) is 0.539. The van der Waals surface area contributed by atoms with Gasteiger partial charge in [0.2, 0.25) is 0 Å². The van der Waals surface area contributed by atoms with Crippen molar-refractivity contribution in [3.63, 3.8) is 0 Å². The second-order valence-electron chi connectivity index (χ2n) is 4.05. The number of fused-ring (bicyclic) bond motifs is 1. The van der Waals surface area contributed by atoms with Crippen LogP contribution in [0.5, 0.6) is 0 Å². The highest BCUT2D eigenvalue weighted by atomic mass is 32.1. The number of hydrogen-bond donors (Lipinski definition) is 1. The van der Waals surface area contributed by atoms with Crippen molar-refractivity contribution in [1.29, 1.82) is 0 Å². The van der Waals surface area contributed by atoms with E-state index in [9.17, 15) is 4.79 Å². The molecule has 0 fully saturated rings. The van der Waals surface area contributed by atoms with Crippen molar-refractivity contribution in [3.05, 3.63) is 46.1 Å². The van der Waals surface area contributed by atoms with Crippen LogP contribution in [0.2, 0.25) is 0 Å². The van der Waals surface area contributed by atoms with E-state index < -0.39 is 0 Å². The highest BCUT2D eigenvalue weighted by molar-refractivity contribution is 7.15.